The van der Waals surface area contributed by atoms with E-state index in [-0.39, 0.29) is 16.8 Å². The van der Waals surface area contributed by atoms with Crippen LogP contribution < -0.4 is 9.62 Å². The Balaban J connectivity index is 2.23. The Morgan fingerprint density at radius 2 is 1.96 bits per heavy atom. The number of carbonyl (C=O) groups is 1. The predicted molar refractivity (Wildman–Crippen MR) is 93.6 cm³/mol. The average molecular weight is 352 g/mol. The molecule has 0 aliphatic rings. The summed E-state index contributed by atoms with van der Waals surface area (Å²) < 4.78 is 26.5. The van der Waals surface area contributed by atoms with Crippen molar-refractivity contribution in [1.82, 2.24) is 5.32 Å². The van der Waals surface area contributed by atoms with Crippen molar-refractivity contribution in [2.75, 3.05) is 11.4 Å². The highest BCUT2D eigenvalue weighted by Crippen LogP contribution is 2.25. The summed E-state index contributed by atoms with van der Waals surface area (Å²) in [6.07, 6.45) is 0.818. The van der Waals surface area contributed by atoms with E-state index in [2.05, 4.69) is 5.32 Å². The van der Waals surface area contributed by atoms with Crippen molar-refractivity contribution in [2.24, 2.45) is 0 Å². The van der Waals surface area contributed by atoms with Crippen LogP contribution in [-0.4, -0.2) is 27.4 Å². The number of sulfonamides is 1. The number of anilines is 1. The molecule has 0 saturated heterocycles. The van der Waals surface area contributed by atoms with Gasteiger partial charge in [-0.1, -0.05) is 25.1 Å². The molecule has 0 unspecified atom stereocenters. The monoisotopic (exact) mass is 352 g/mol. The first-order chi connectivity index (χ1) is 10.9. The van der Waals surface area contributed by atoms with Gasteiger partial charge in [-0.25, -0.2) is 8.42 Å². The van der Waals surface area contributed by atoms with Gasteiger partial charge in [0, 0.05) is 18.5 Å². The van der Waals surface area contributed by atoms with Gasteiger partial charge in [0.2, 0.25) is 0 Å². The molecular weight excluding hydrogens is 332 g/mol. The second-order valence-electron chi connectivity index (χ2n) is 5.24. The molecule has 2 aromatic rings. The third kappa shape index (κ3) is 3.92. The third-order valence-electron chi connectivity index (χ3n) is 3.57. The first-order valence-electron chi connectivity index (χ1n) is 7.29. The van der Waals surface area contributed by atoms with E-state index in [4.69, 9.17) is 0 Å². The lowest BCUT2D eigenvalue weighted by Gasteiger charge is -2.18. The van der Waals surface area contributed by atoms with Crippen LogP contribution in [0, 0.1) is 0 Å². The highest BCUT2D eigenvalue weighted by atomic mass is 32.2. The Kier molecular flexibility index (Phi) is 5.43. The number of nitrogens with one attached hydrogen (secondary N) is 1. The van der Waals surface area contributed by atoms with Crippen LogP contribution in [0.2, 0.25) is 0 Å². The first kappa shape index (κ1) is 17.5. The van der Waals surface area contributed by atoms with Crippen LogP contribution in [0.4, 0.5) is 5.69 Å². The minimum absolute atomic E-state index is 0.0525. The van der Waals surface area contributed by atoms with Crippen LogP contribution in [0.1, 0.15) is 29.9 Å². The van der Waals surface area contributed by atoms with Crippen LogP contribution in [0.3, 0.4) is 0 Å². The molecule has 1 N–H and O–H groups in total. The fourth-order valence-electron chi connectivity index (χ4n) is 1.90. The molecule has 0 fully saturated rings. The van der Waals surface area contributed by atoms with Crippen molar-refractivity contribution < 1.29 is 13.2 Å². The molecule has 0 spiro atoms. The molecule has 1 atom stereocenters. The molecule has 0 saturated carbocycles. The molecule has 7 heteroatoms. The molecular formula is C16H20N2O3S2. The average Bonchev–Trinajstić information content (AvgIpc) is 3.05. The number of hydrogen-bond acceptors (Lipinski definition) is 4. The molecule has 23 heavy (non-hydrogen) atoms. The van der Waals surface area contributed by atoms with E-state index in [1.54, 1.807) is 24.3 Å². The number of para-hydroxylation sites is 1. The normalized spacial score (nSPS) is 12.7. The summed E-state index contributed by atoms with van der Waals surface area (Å²) in [4.78, 5) is 12.6. The van der Waals surface area contributed by atoms with Crippen molar-refractivity contribution >= 4 is 33.0 Å². The maximum atomic E-state index is 12.6. The van der Waals surface area contributed by atoms with Gasteiger partial charge < -0.3 is 5.32 Å². The summed E-state index contributed by atoms with van der Waals surface area (Å²) in [6.45, 7) is 3.89. The first-order valence-corrected chi connectivity index (χ1v) is 9.61. The van der Waals surface area contributed by atoms with Gasteiger partial charge >= 0.3 is 0 Å². The Hall–Kier alpha value is -1.86. The van der Waals surface area contributed by atoms with E-state index < -0.39 is 10.0 Å². The smallest absolute Gasteiger partial charge is 0.264 e. The summed E-state index contributed by atoms with van der Waals surface area (Å²) in [6, 6.07) is 10.3. The lowest BCUT2D eigenvalue weighted by molar-refractivity contribution is 0.0943. The van der Waals surface area contributed by atoms with Crippen LogP contribution >= 0.6 is 11.3 Å². The molecule has 1 aromatic carbocycles. The van der Waals surface area contributed by atoms with Crippen molar-refractivity contribution in [3.05, 3.63) is 46.7 Å². The van der Waals surface area contributed by atoms with E-state index >= 15 is 0 Å². The molecule has 1 heterocycles. The van der Waals surface area contributed by atoms with Crippen molar-refractivity contribution in [2.45, 2.75) is 31.2 Å². The van der Waals surface area contributed by atoms with E-state index in [1.165, 1.54) is 22.8 Å². The maximum Gasteiger partial charge on any atom is 0.264 e. The lowest BCUT2D eigenvalue weighted by atomic mass is 10.2. The Labute approximate surface area is 141 Å². The van der Waals surface area contributed by atoms with Crippen LogP contribution in [0.25, 0.3) is 0 Å². The summed E-state index contributed by atoms with van der Waals surface area (Å²) >= 11 is 1.13. The number of thiophene rings is 1. The zero-order chi connectivity index (χ0) is 17.0. The standard InChI is InChI=1S/C16H20N2O3S2/c1-4-12(2)17-16(19)15-10-14(11-22-15)23(20,21)18(3)13-8-6-5-7-9-13/h5-12H,4H2,1-3H3,(H,17,19)/t12-/m0/s1. The van der Waals surface area contributed by atoms with Gasteiger partial charge in [0.15, 0.2) is 0 Å². The van der Waals surface area contributed by atoms with Crippen molar-refractivity contribution in [3.8, 4) is 0 Å². The topological polar surface area (TPSA) is 66.5 Å². The molecule has 0 radical (unpaired) electrons. The lowest BCUT2D eigenvalue weighted by Crippen LogP contribution is -2.31. The van der Waals surface area contributed by atoms with E-state index in [1.807, 2.05) is 19.9 Å². The Morgan fingerprint density at radius 1 is 1.30 bits per heavy atom. The quantitative estimate of drug-likeness (QED) is 0.869. The fourth-order valence-corrected chi connectivity index (χ4v) is 4.26. The molecule has 124 valence electrons. The van der Waals surface area contributed by atoms with Gasteiger partial charge in [-0.05, 0) is 31.5 Å². The van der Waals surface area contributed by atoms with Gasteiger partial charge in [0.1, 0.15) is 0 Å². The minimum atomic E-state index is -3.68. The summed E-state index contributed by atoms with van der Waals surface area (Å²) in [5.41, 5.74) is 0.573. The summed E-state index contributed by atoms with van der Waals surface area (Å²) in [7, 11) is -2.17. The molecule has 1 amide bonds. The SMILES string of the molecule is CC[C@H](C)NC(=O)c1cc(S(=O)(=O)N(C)c2ccccc2)cs1. The van der Waals surface area contributed by atoms with Gasteiger partial charge in [-0.15, -0.1) is 11.3 Å². The van der Waals surface area contributed by atoms with Gasteiger partial charge in [0.25, 0.3) is 15.9 Å². The third-order valence-corrected chi connectivity index (χ3v) is 6.41. The van der Waals surface area contributed by atoms with Crippen molar-refractivity contribution in [3.63, 3.8) is 0 Å². The highest BCUT2D eigenvalue weighted by molar-refractivity contribution is 7.93. The zero-order valence-corrected chi connectivity index (χ0v) is 14.9. The van der Waals surface area contributed by atoms with Crippen LogP contribution in [0.5, 0.6) is 0 Å². The van der Waals surface area contributed by atoms with E-state index in [0.717, 1.165) is 17.8 Å². The maximum absolute atomic E-state index is 12.6. The Bertz CT molecular complexity index is 770. The fraction of sp³-hybridized carbons (Fsp3) is 0.312. The minimum Gasteiger partial charge on any atom is -0.349 e. The van der Waals surface area contributed by atoms with Gasteiger partial charge in [-0.2, -0.15) is 0 Å². The summed E-state index contributed by atoms with van der Waals surface area (Å²) in [5.74, 6) is -0.242. The predicted octanol–water partition coefficient (Wildman–Crippen LogP) is 3.10. The highest BCUT2D eigenvalue weighted by Gasteiger charge is 2.24. The Morgan fingerprint density at radius 3 is 2.57 bits per heavy atom. The largest absolute Gasteiger partial charge is 0.349 e. The number of amides is 1. The molecule has 0 aliphatic carbocycles. The summed E-state index contributed by atoms with van der Waals surface area (Å²) in [5, 5.41) is 4.33. The van der Waals surface area contributed by atoms with E-state index in [0.29, 0.717) is 10.6 Å². The molecule has 2 rings (SSSR count). The molecule has 0 aliphatic heterocycles. The molecule has 5 nitrogen and oxygen atoms in total. The van der Waals surface area contributed by atoms with Crippen LogP contribution in [0.15, 0.2) is 46.7 Å². The number of carbonyl (C=O) groups excluding carboxylic acids is 1. The van der Waals surface area contributed by atoms with Crippen molar-refractivity contribution in [1.29, 1.82) is 0 Å². The number of benzene rings is 1. The number of rotatable bonds is 6. The van der Waals surface area contributed by atoms with E-state index in [9.17, 15) is 13.2 Å². The molecule has 1 aromatic heterocycles. The second-order valence-corrected chi connectivity index (χ2v) is 8.12. The van der Waals surface area contributed by atoms with Gasteiger partial charge in [-0.3, -0.25) is 9.10 Å². The number of hydrogen-bond donors (Lipinski definition) is 1. The second kappa shape index (κ2) is 7.14. The zero-order valence-electron chi connectivity index (χ0n) is 13.3. The van der Waals surface area contributed by atoms with Crippen LogP contribution in [-0.2, 0) is 10.0 Å². The number of nitrogens with zero attached hydrogens (tertiary/aromatic N) is 1. The van der Waals surface area contributed by atoms with Gasteiger partial charge in [0.05, 0.1) is 15.5 Å². The molecule has 0 bridgehead atoms.